The van der Waals surface area contributed by atoms with Gasteiger partial charge in [0.05, 0.1) is 0 Å². The van der Waals surface area contributed by atoms with E-state index in [-0.39, 0.29) is 0 Å². The number of hydrogen-bond acceptors (Lipinski definition) is 4. The van der Waals surface area contributed by atoms with Crippen molar-refractivity contribution in [1.82, 2.24) is 9.80 Å². The molecule has 0 aromatic heterocycles. The lowest BCUT2D eigenvalue weighted by molar-refractivity contribution is -0.142. The molecule has 3 N–H and O–H groups in total. The molecule has 0 amide bonds. The minimum atomic E-state index is -1.09. The first-order valence-corrected chi connectivity index (χ1v) is 6.69. The molecule has 0 aromatic carbocycles. The summed E-state index contributed by atoms with van der Waals surface area (Å²) in [5.74, 6) is -0.918. The Labute approximate surface area is 111 Å². The van der Waals surface area contributed by atoms with E-state index in [9.17, 15) is 4.79 Å². The van der Waals surface area contributed by atoms with Crippen molar-refractivity contribution < 1.29 is 9.90 Å². The molecule has 1 atom stereocenters. The van der Waals surface area contributed by atoms with Crippen LogP contribution in [0.15, 0.2) is 0 Å². The Balaban J connectivity index is 3.83. The number of carboxylic acids is 1. The summed E-state index contributed by atoms with van der Waals surface area (Å²) >= 11 is 0. The Morgan fingerprint density at radius 2 is 1.78 bits per heavy atom. The maximum Gasteiger partial charge on any atom is 0.323 e. The van der Waals surface area contributed by atoms with E-state index in [4.69, 9.17) is 10.8 Å². The van der Waals surface area contributed by atoms with Crippen LogP contribution in [0.25, 0.3) is 0 Å². The monoisotopic (exact) mass is 259 g/mol. The third-order valence-corrected chi connectivity index (χ3v) is 3.19. The van der Waals surface area contributed by atoms with Gasteiger partial charge in [0.2, 0.25) is 0 Å². The molecule has 0 saturated heterocycles. The molecule has 0 spiro atoms. The molecule has 18 heavy (non-hydrogen) atoms. The number of nitrogens with zero attached hydrogens (tertiary/aromatic N) is 2. The zero-order valence-corrected chi connectivity index (χ0v) is 12.3. The summed E-state index contributed by atoms with van der Waals surface area (Å²) in [7, 11) is 4.14. The molecule has 1 unspecified atom stereocenters. The van der Waals surface area contributed by atoms with Crippen LogP contribution in [0.5, 0.6) is 0 Å². The second-order valence-electron chi connectivity index (χ2n) is 5.42. The molecule has 0 heterocycles. The van der Waals surface area contributed by atoms with Gasteiger partial charge in [0, 0.05) is 0 Å². The van der Waals surface area contributed by atoms with Gasteiger partial charge in [-0.1, -0.05) is 6.92 Å². The van der Waals surface area contributed by atoms with E-state index in [0.29, 0.717) is 6.42 Å². The lowest BCUT2D eigenvalue weighted by atomic mass is 9.97. The Hall–Kier alpha value is -0.650. The van der Waals surface area contributed by atoms with Crippen LogP contribution >= 0.6 is 0 Å². The van der Waals surface area contributed by atoms with Crippen LogP contribution in [0.1, 0.15) is 33.1 Å². The number of aliphatic carboxylic acids is 1. The highest BCUT2D eigenvalue weighted by Gasteiger charge is 2.27. The fourth-order valence-electron chi connectivity index (χ4n) is 1.82. The maximum absolute atomic E-state index is 10.9. The molecule has 0 rings (SSSR count). The van der Waals surface area contributed by atoms with Crippen molar-refractivity contribution in [3.8, 4) is 0 Å². The first-order chi connectivity index (χ1) is 8.29. The van der Waals surface area contributed by atoms with Gasteiger partial charge in [-0.15, -0.1) is 0 Å². The third-order valence-electron chi connectivity index (χ3n) is 3.19. The zero-order chi connectivity index (χ0) is 14.2. The van der Waals surface area contributed by atoms with E-state index in [2.05, 4.69) is 30.8 Å². The quantitative estimate of drug-likeness (QED) is 0.608. The topological polar surface area (TPSA) is 69.8 Å². The average molecular weight is 259 g/mol. The van der Waals surface area contributed by atoms with Crippen molar-refractivity contribution in [3.63, 3.8) is 0 Å². The van der Waals surface area contributed by atoms with Gasteiger partial charge in [-0.05, 0) is 66.5 Å². The van der Waals surface area contributed by atoms with Crippen LogP contribution in [0.3, 0.4) is 0 Å². The predicted octanol–water partition coefficient (Wildman–Crippen LogP) is 0.842. The highest BCUT2D eigenvalue weighted by molar-refractivity contribution is 5.77. The van der Waals surface area contributed by atoms with Gasteiger partial charge < -0.3 is 20.6 Å². The number of rotatable bonds is 10. The lowest BCUT2D eigenvalue weighted by Gasteiger charge is -2.24. The van der Waals surface area contributed by atoms with Crippen LogP contribution in [0.2, 0.25) is 0 Å². The van der Waals surface area contributed by atoms with Crippen LogP contribution in [-0.4, -0.2) is 66.7 Å². The van der Waals surface area contributed by atoms with Gasteiger partial charge >= 0.3 is 5.97 Å². The Morgan fingerprint density at radius 3 is 2.22 bits per heavy atom. The van der Waals surface area contributed by atoms with Crippen LogP contribution in [0.4, 0.5) is 0 Å². The molecule has 0 radical (unpaired) electrons. The SMILES string of the molecule is CCN(CCCN(C)C)CCCC(C)(N)C(=O)O. The van der Waals surface area contributed by atoms with Crippen LogP contribution in [-0.2, 0) is 4.79 Å². The largest absolute Gasteiger partial charge is 0.480 e. The standard InChI is InChI=1S/C13H29N3O2/c1-5-16(11-7-9-15(3)4)10-6-8-13(2,14)12(17)18/h5-11,14H2,1-4H3,(H,17,18). The Bertz CT molecular complexity index is 242. The lowest BCUT2D eigenvalue weighted by Crippen LogP contribution is -2.45. The maximum atomic E-state index is 10.9. The molecule has 0 saturated carbocycles. The molecule has 0 bridgehead atoms. The summed E-state index contributed by atoms with van der Waals surface area (Å²) in [5.41, 5.74) is 4.61. The first kappa shape index (κ1) is 17.4. The fraction of sp³-hybridized carbons (Fsp3) is 0.923. The van der Waals surface area contributed by atoms with Gasteiger partial charge in [-0.25, -0.2) is 0 Å². The summed E-state index contributed by atoms with van der Waals surface area (Å²) in [5, 5.41) is 8.92. The summed E-state index contributed by atoms with van der Waals surface area (Å²) < 4.78 is 0. The zero-order valence-electron chi connectivity index (χ0n) is 12.3. The Kier molecular flexibility index (Phi) is 8.15. The molecule has 0 aliphatic heterocycles. The van der Waals surface area contributed by atoms with Gasteiger partial charge in [0.15, 0.2) is 0 Å². The van der Waals surface area contributed by atoms with Crippen molar-refractivity contribution in [2.75, 3.05) is 40.3 Å². The molecule has 0 fully saturated rings. The number of carbonyl (C=O) groups is 1. The highest BCUT2D eigenvalue weighted by Crippen LogP contribution is 2.09. The molecule has 0 aliphatic rings. The first-order valence-electron chi connectivity index (χ1n) is 6.69. The highest BCUT2D eigenvalue weighted by atomic mass is 16.4. The fourth-order valence-corrected chi connectivity index (χ4v) is 1.82. The molecule has 5 heteroatoms. The van der Waals surface area contributed by atoms with E-state index < -0.39 is 11.5 Å². The number of nitrogens with two attached hydrogens (primary N) is 1. The molecular weight excluding hydrogens is 230 g/mol. The van der Waals surface area contributed by atoms with Crippen LogP contribution < -0.4 is 5.73 Å². The second-order valence-corrected chi connectivity index (χ2v) is 5.42. The van der Waals surface area contributed by atoms with Crippen molar-refractivity contribution in [2.24, 2.45) is 5.73 Å². The van der Waals surface area contributed by atoms with Gasteiger partial charge in [-0.2, -0.15) is 0 Å². The number of hydrogen-bond donors (Lipinski definition) is 2. The molecule has 5 nitrogen and oxygen atoms in total. The Morgan fingerprint density at radius 1 is 1.22 bits per heavy atom. The van der Waals surface area contributed by atoms with E-state index in [1.165, 1.54) is 0 Å². The molecular formula is C13H29N3O2. The minimum Gasteiger partial charge on any atom is -0.480 e. The summed E-state index contributed by atoms with van der Waals surface area (Å²) in [4.78, 5) is 15.4. The van der Waals surface area contributed by atoms with E-state index in [1.807, 2.05) is 0 Å². The third kappa shape index (κ3) is 7.63. The minimum absolute atomic E-state index is 0.520. The van der Waals surface area contributed by atoms with Crippen molar-refractivity contribution in [2.45, 2.75) is 38.6 Å². The summed E-state index contributed by atoms with van der Waals surface area (Å²) in [6.45, 7) is 7.78. The van der Waals surface area contributed by atoms with Gasteiger partial charge in [0.1, 0.15) is 5.54 Å². The smallest absolute Gasteiger partial charge is 0.323 e. The van der Waals surface area contributed by atoms with Crippen molar-refractivity contribution >= 4 is 5.97 Å². The molecule has 0 aromatic rings. The van der Waals surface area contributed by atoms with E-state index in [1.54, 1.807) is 6.92 Å². The predicted molar refractivity (Wildman–Crippen MR) is 74.7 cm³/mol. The average Bonchev–Trinajstić information content (AvgIpc) is 2.26. The van der Waals surface area contributed by atoms with Gasteiger partial charge in [-0.3, -0.25) is 4.79 Å². The normalized spacial score (nSPS) is 15.1. The van der Waals surface area contributed by atoms with E-state index in [0.717, 1.165) is 39.0 Å². The van der Waals surface area contributed by atoms with Crippen LogP contribution in [0, 0.1) is 0 Å². The van der Waals surface area contributed by atoms with Crippen molar-refractivity contribution in [3.05, 3.63) is 0 Å². The summed E-state index contributed by atoms with van der Waals surface area (Å²) in [6, 6.07) is 0. The molecule has 108 valence electrons. The van der Waals surface area contributed by atoms with E-state index >= 15 is 0 Å². The number of carboxylic acid groups (broad SMARTS) is 1. The van der Waals surface area contributed by atoms with Crippen molar-refractivity contribution in [1.29, 1.82) is 0 Å². The van der Waals surface area contributed by atoms with Gasteiger partial charge in [0.25, 0.3) is 0 Å². The summed E-state index contributed by atoms with van der Waals surface area (Å²) in [6.07, 6.45) is 2.49. The molecule has 0 aliphatic carbocycles. The second kappa shape index (κ2) is 8.45.